The third-order valence-corrected chi connectivity index (χ3v) is 4.17. The Morgan fingerprint density at radius 2 is 2.11 bits per heavy atom. The second kappa shape index (κ2) is 8.72. The molecule has 1 N–H and O–H groups in total. The van der Waals surface area contributed by atoms with Gasteiger partial charge in [-0.05, 0) is 35.7 Å². The van der Waals surface area contributed by atoms with E-state index in [1.165, 1.54) is 5.69 Å². The van der Waals surface area contributed by atoms with Crippen molar-refractivity contribution in [3.05, 3.63) is 15.9 Å². The van der Waals surface area contributed by atoms with Crippen LogP contribution < -0.4 is 5.32 Å². The molecule has 4 nitrogen and oxygen atoms in total. The first-order valence-electron chi connectivity index (χ1n) is 7.14. The van der Waals surface area contributed by atoms with Crippen molar-refractivity contribution >= 4 is 15.9 Å². The van der Waals surface area contributed by atoms with Crippen LogP contribution in [0.3, 0.4) is 0 Å². The Hall–Kier alpha value is -0.390. The van der Waals surface area contributed by atoms with Crippen LogP contribution in [0.5, 0.6) is 0 Å². The highest BCUT2D eigenvalue weighted by Crippen LogP contribution is 2.22. The standard InChI is InChI=1S/C14H26BrN3O/c1-5-8-11(10-19-4)16-9-13-14(15)12(6-2)17-18(13)7-3/h11,16H,5-10H2,1-4H3. The maximum absolute atomic E-state index is 5.26. The topological polar surface area (TPSA) is 39.1 Å². The molecule has 0 bridgehead atoms. The molecule has 0 radical (unpaired) electrons. The molecule has 0 spiro atoms. The lowest BCUT2D eigenvalue weighted by atomic mass is 10.2. The number of aryl methyl sites for hydroxylation is 2. The Labute approximate surface area is 125 Å². The summed E-state index contributed by atoms with van der Waals surface area (Å²) in [5.41, 5.74) is 2.37. The molecule has 1 unspecified atom stereocenters. The van der Waals surface area contributed by atoms with Gasteiger partial charge in [0.1, 0.15) is 0 Å². The van der Waals surface area contributed by atoms with Crippen LogP contribution in [0, 0.1) is 0 Å². The molecule has 0 saturated carbocycles. The molecule has 5 heteroatoms. The fraction of sp³-hybridized carbons (Fsp3) is 0.786. The van der Waals surface area contributed by atoms with Gasteiger partial charge in [-0.15, -0.1) is 0 Å². The average Bonchev–Trinajstić information content (AvgIpc) is 2.72. The number of rotatable bonds is 9. The minimum atomic E-state index is 0.409. The summed E-state index contributed by atoms with van der Waals surface area (Å²) in [7, 11) is 1.76. The van der Waals surface area contributed by atoms with Gasteiger partial charge >= 0.3 is 0 Å². The molecule has 1 heterocycles. The molecule has 0 saturated heterocycles. The van der Waals surface area contributed by atoms with Crippen LogP contribution in [-0.4, -0.2) is 29.5 Å². The molecule has 0 aliphatic carbocycles. The highest BCUT2D eigenvalue weighted by atomic mass is 79.9. The lowest BCUT2D eigenvalue weighted by Gasteiger charge is -2.17. The van der Waals surface area contributed by atoms with E-state index in [9.17, 15) is 0 Å². The largest absolute Gasteiger partial charge is 0.383 e. The van der Waals surface area contributed by atoms with Crippen LogP contribution in [-0.2, 0) is 24.2 Å². The van der Waals surface area contributed by atoms with Crippen LogP contribution >= 0.6 is 15.9 Å². The van der Waals surface area contributed by atoms with Gasteiger partial charge in [-0.25, -0.2) is 0 Å². The third-order valence-electron chi connectivity index (χ3n) is 3.26. The zero-order valence-corrected chi connectivity index (χ0v) is 14.1. The fourth-order valence-electron chi connectivity index (χ4n) is 2.22. The number of halogens is 1. The van der Waals surface area contributed by atoms with E-state index in [-0.39, 0.29) is 0 Å². The van der Waals surface area contributed by atoms with Crippen molar-refractivity contribution in [1.29, 1.82) is 0 Å². The monoisotopic (exact) mass is 331 g/mol. The summed E-state index contributed by atoms with van der Waals surface area (Å²) in [6.07, 6.45) is 3.25. The van der Waals surface area contributed by atoms with E-state index in [1.54, 1.807) is 7.11 Å². The van der Waals surface area contributed by atoms with Crippen molar-refractivity contribution < 1.29 is 4.74 Å². The summed E-state index contributed by atoms with van der Waals surface area (Å²) >= 11 is 3.68. The summed E-state index contributed by atoms with van der Waals surface area (Å²) in [4.78, 5) is 0. The molecule has 1 aromatic rings. The number of ether oxygens (including phenoxy) is 1. The number of aromatic nitrogens is 2. The van der Waals surface area contributed by atoms with Gasteiger partial charge in [-0.1, -0.05) is 20.3 Å². The lowest BCUT2D eigenvalue weighted by molar-refractivity contribution is 0.161. The van der Waals surface area contributed by atoms with Gasteiger partial charge in [0.2, 0.25) is 0 Å². The fourth-order valence-corrected chi connectivity index (χ4v) is 2.93. The summed E-state index contributed by atoms with van der Waals surface area (Å²) < 4.78 is 8.49. The molecule has 19 heavy (non-hydrogen) atoms. The number of nitrogens with one attached hydrogen (secondary N) is 1. The summed E-state index contributed by atoms with van der Waals surface area (Å²) in [5.74, 6) is 0. The van der Waals surface area contributed by atoms with Crippen molar-refractivity contribution in [1.82, 2.24) is 15.1 Å². The van der Waals surface area contributed by atoms with E-state index >= 15 is 0 Å². The van der Waals surface area contributed by atoms with Crippen molar-refractivity contribution in [3.63, 3.8) is 0 Å². The molecule has 0 aliphatic rings. The molecular weight excluding hydrogens is 306 g/mol. The van der Waals surface area contributed by atoms with Crippen LogP contribution in [0.25, 0.3) is 0 Å². The van der Waals surface area contributed by atoms with Crippen LogP contribution in [0.4, 0.5) is 0 Å². The summed E-state index contributed by atoms with van der Waals surface area (Å²) in [6, 6.07) is 0.409. The summed E-state index contributed by atoms with van der Waals surface area (Å²) in [5, 5.41) is 8.19. The quantitative estimate of drug-likeness (QED) is 0.755. The second-order valence-corrected chi connectivity index (χ2v) is 5.49. The van der Waals surface area contributed by atoms with Crippen molar-refractivity contribution in [2.24, 2.45) is 0 Å². The van der Waals surface area contributed by atoms with Gasteiger partial charge in [0.05, 0.1) is 22.5 Å². The van der Waals surface area contributed by atoms with Crippen LogP contribution in [0.2, 0.25) is 0 Å². The minimum absolute atomic E-state index is 0.409. The lowest BCUT2D eigenvalue weighted by Crippen LogP contribution is -2.33. The molecule has 1 atom stereocenters. The van der Waals surface area contributed by atoms with Gasteiger partial charge in [-0.2, -0.15) is 5.10 Å². The number of methoxy groups -OCH3 is 1. The van der Waals surface area contributed by atoms with Crippen molar-refractivity contribution in [2.75, 3.05) is 13.7 Å². The van der Waals surface area contributed by atoms with E-state index < -0.39 is 0 Å². The minimum Gasteiger partial charge on any atom is -0.383 e. The van der Waals surface area contributed by atoms with Crippen LogP contribution in [0.15, 0.2) is 4.47 Å². The maximum atomic E-state index is 5.26. The van der Waals surface area contributed by atoms with E-state index in [2.05, 4.69) is 51.8 Å². The molecule has 0 fully saturated rings. The van der Waals surface area contributed by atoms with Crippen molar-refractivity contribution in [2.45, 2.75) is 59.2 Å². The first-order valence-corrected chi connectivity index (χ1v) is 7.93. The zero-order valence-electron chi connectivity index (χ0n) is 12.5. The van der Waals surface area contributed by atoms with E-state index in [4.69, 9.17) is 4.74 Å². The smallest absolute Gasteiger partial charge is 0.0767 e. The molecule has 1 aromatic heterocycles. The predicted molar refractivity (Wildman–Crippen MR) is 82.4 cm³/mol. The van der Waals surface area contributed by atoms with Gasteiger partial charge in [-0.3, -0.25) is 4.68 Å². The van der Waals surface area contributed by atoms with E-state index in [0.29, 0.717) is 6.04 Å². The zero-order chi connectivity index (χ0) is 14.3. The SMILES string of the molecule is CCCC(COC)NCc1c(Br)c(CC)nn1CC. The number of nitrogens with zero attached hydrogens (tertiary/aromatic N) is 2. The maximum Gasteiger partial charge on any atom is 0.0767 e. The Morgan fingerprint density at radius 3 is 2.63 bits per heavy atom. The first kappa shape index (κ1) is 16.7. The number of hydrogen-bond acceptors (Lipinski definition) is 3. The highest BCUT2D eigenvalue weighted by Gasteiger charge is 2.15. The normalized spacial score (nSPS) is 12.9. The third kappa shape index (κ3) is 4.58. The first-order chi connectivity index (χ1) is 9.17. The molecule has 0 aromatic carbocycles. The Kier molecular flexibility index (Phi) is 7.64. The van der Waals surface area contributed by atoms with Crippen LogP contribution in [0.1, 0.15) is 45.0 Å². The van der Waals surface area contributed by atoms with Gasteiger partial charge < -0.3 is 10.1 Å². The Balaban J connectivity index is 2.72. The molecule has 1 rings (SSSR count). The molecule has 0 amide bonds. The van der Waals surface area contributed by atoms with E-state index in [1.807, 2.05) is 0 Å². The Morgan fingerprint density at radius 1 is 1.37 bits per heavy atom. The molecular formula is C14H26BrN3O. The molecule has 110 valence electrons. The van der Waals surface area contributed by atoms with E-state index in [0.717, 1.165) is 49.1 Å². The van der Waals surface area contributed by atoms with Gasteiger partial charge in [0, 0.05) is 26.2 Å². The number of hydrogen-bond donors (Lipinski definition) is 1. The highest BCUT2D eigenvalue weighted by molar-refractivity contribution is 9.10. The second-order valence-electron chi connectivity index (χ2n) is 4.70. The summed E-state index contributed by atoms with van der Waals surface area (Å²) in [6.45, 7) is 8.95. The Bertz CT molecular complexity index is 373. The van der Waals surface area contributed by atoms with Gasteiger partial charge in [0.25, 0.3) is 0 Å². The molecule has 0 aliphatic heterocycles. The predicted octanol–water partition coefficient (Wildman–Crippen LogP) is 3.13. The average molecular weight is 332 g/mol. The van der Waals surface area contributed by atoms with Gasteiger partial charge in [0.15, 0.2) is 0 Å². The van der Waals surface area contributed by atoms with Crippen molar-refractivity contribution in [3.8, 4) is 0 Å².